The minimum absolute atomic E-state index is 0.111. The zero-order valence-electron chi connectivity index (χ0n) is 12.0. The number of carbonyl (C=O) groups excluding carboxylic acids is 1. The summed E-state index contributed by atoms with van der Waals surface area (Å²) in [6.07, 6.45) is 0. The fourth-order valence-corrected chi connectivity index (χ4v) is 2.27. The average Bonchev–Trinajstić information content (AvgIpc) is 2.47. The molecule has 1 N–H and O–H groups in total. The van der Waals surface area contributed by atoms with Crippen LogP contribution in [0.5, 0.6) is 0 Å². The van der Waals surface area contributed by atoms with Crippen LogP contribution in [0, 0.1) is 0 Å². The van der Waals surface area contributed by atoms with Crippen LogP contribution in [0.2, 0.25) is 0 Å². The number of carboxylic acid groups (broad SMARTS) is 1. The summed E-state index contributed by atoms with van der Waals surface area (Å²) < 4.78 is 0. The molecule has 0 radical (unpaired) electrons. The lowest BCUT2D eigenvalue weighted by atomic mass is 9.98. The van der Waals surface area contributed by atoms with E-state index in [-0.39, 0.29) is 5.78 Å². The molecule has 4 nitrogen and oxygen atoms in total. The highest BCUT2D eigenvalue weighted by atomic mass is 16.4. The van der Waals surface area contributed by atoms with Crippen molar-refractivity contribution in [2.24, 2.45) is 0 Å². The van der Waals surface area contributed by atoms with Crippen molar-refractivity contribution in [3.63, 3.8) is 0 Å². The first-order valence-corrected chi connectivity index (χ1v) is 6.59. The van der Waals surface area contributed by atoms with Gasteiger partial charge in [-0.3, -0.25) is 14.5 Å². The van der Waals surface area contributed by atoms with Crippen molar-refractivity contribution in [3.05, 3.63) is 71.3 Å². The van der Waals surface area contributed by atoms with Crippen molar-refractivity contribution in [2.75, 3.05) is 14.1 Å². The summed E-state index contributed by atoms with van der Waals surface area (Å²) in [4.78, 5) is 25.4. The second-order valence-electron chi connectivity index (χ2n) is 5.02. The predicted octanol–water partition coefficient (Wildman–Crippen LogP) is 2.60. The van der Waals surface area contributed by atoms with Gasteiger partial charge in [-0.25, -0.2) is 0 Å². The lowest BCUT2D eigenvalue weighted by Gasteiger charge is -2.20. The van der Waals surface area contributed by atoms with E-state index in [1.165, 1.54) is 0 Å². The van der Waals surface area contributed by atoms with Gasteiger partial charge in [-0.15, -0.1) is 0 Å². The molecule has 2 aromatic carbocycles. The third-order valence-corrected chi connectivity index (χ3v) is 3.25. The zero-order chi connectivity index (χ0) is 15.4. The molecule has 0 aromatic heterocycles. The summed E-state index contributed by atoms with van der Waals surface area (Å²) in [7, 11) is 3.40. The first-order valence-electron chi connectivity index (χ1n) is 6.59. The van der Waals surface area contributed by atoms with Gasteiger partial charge in [0.15, 0.2) is 5.78 Å². The van der Waals surface area contributed by atoms with Gasteiger partial charge in [-0.05, 0) is 25.7 Å². The van der Waals surface area contributed by atoms with Crippen molar-refractivity contribution in [2.45, 2.75) is 6.04 Å². The number of benzene rings is 2. The van der Waals surface area contributed by atoms with E-state index in [2.05, 4.69) is 0 Å². The monoisotopic (exact) mass is 283 g/mol. The van der Waals surface area contributed by atoms with Gasteiger partial charge in [0.2, 0.25) is 0 Å². The van der Waals surface area contributed by atoms with E-state index in [4.69, 9.17) is 0 Å². The first kappa shape index (κ1) is 14.9. The molecule has 1 atom stereocenters. The van der Waals surface area contributed by atoms with Crippen LogP contribution < -0.4 is 0 Å². The van der Waals surface area contributed by atoms with Crippen molar-refractivity contribution < 1.29 is 14.7 Å². The molecule has 0 saturated heterocycles. The first-order chi connectivity index (χ1) is 10.0. The Morgan fingerprint density at radius 1 is 0.952 bits per heavy atom. The molecule has 21 heavy (non-hydrogen) atoms. The highest BCUT2D eigenvalue weighted by molar-refractivity contribution is 6.09. The van der Waals surface area contributed by atoms with Gasteiger partial charge >= 0.3 is 5.97 Å². The standard InChI is InChI=1S/C17H17NO3/c1-18(2)15(17(20)21)13-9-6-10-14(11-13)16(19)12-7-4-3-5-8-12/h3-11,15H,1-2H3,(H,20,21). The maximum absolute atomic E-state index is 12.4. The summed E-state index contributed by atoms with van der Waals surface area (Å²) in [5.74, 6) is -1.05. The Kier molecular flexibility index (Phi) is 4.50. The number of nitrogens with zero attached hydrogens (tertiary/aromatic N) is 1. The Morgan fingerprint density at radius 3 is 2.14 bits per heavy atom. The number of hydrogen-bond acceptors (Lipinski definition) is 3. The average molecular weight is 283 g/mol. The second-order valence-corrected chi connectivity index (χ2v) is 5.02. The van der Waals surface area contributed by atoms with Crippen LogP contribution in [-0.4, -0.2) is 35.9 Å². The molecular formula is C17H17NO3. The normalized spacial score (nSPS) is 12.1. The maximum Gasteiger partial charge on any atom is 0.325 e. The van der Waals surface area contributed by atoms with Crippen LogP contribution >= 0.6 is 0 Å². The number of rotatable bonds is 5. The summed E-state index contributed by atoms with van der Waals surface area (Å²) in [6.45, 7) is 0. The fraction of sp³-hybridized carbons (Fsp3) is 0.176. The summed E-state index contributed by atoms with van der Waals surface area (Å²) in [5, 5.41) is 9.32. The van der Waals surface area contributed by atoms with E-state index in [1.807, 2.05) is 6.07 Å². The molecule has 2 aromatic rings. The number of carbonyl (C=O) groups is 2. The van der Waals surface area contributed by atoms with Crippen LogP contribution in [0.4, 0.5) is 0 Å². The Morgan fingerprint density at radius 2 is 1.57 bits per heavy atom. The molecular weight excluding hydrogens is 266 g/mol. The Hall–Kier alpha value is -2.46. The Bertz CT molecular complexity index is 650. The molecule has 1 unspecified atom stereocenters. The molecule has 0 aliphatic heterocycles. The number of aliphatic carboxylic acids is 1. The molecule has 108 valence electrons. The van der Waals surface area contributed by atoms with Crippen molar-refractivity contribution >= 4 is 11.8 Å². The van der Waals surface area contributed by atoms with E-state index in [9.17, 15) is 14.7 Å². The Labute approximate surface area is 123 Å². The van der Waals surface area contributed by atoms with Crippen LogP contribution in [-0.2, 0) is 4.79 Å². The van der Waals surface area contributed by atoms with Crippen LogP contribution in [0.15, 0.2) is 54.6 Å². The number of likely N-dealkylation sites (N-methyl/N-ethyl adjacent to an activating group) is 1. The number of ketones is 1. The van der Waals surface area contributed by atoms with E-state index < -0.39 is 12.0 Å². The van der Waals surface area contributed by atoms with E-state index in [1.54, 1.807) is 67.5 Å². The minimum atomic E-state index is -0.940. The van der Waals surface area contributed by atoms with Gasteiger partial charge < -0.3 is 5.11 Å². The van der Waals surface area contributed by atoms with Gasteiger partial charge in [-0.2, -0.15) is 0 Å². The Balaban J connectivity index is 2.38. The van der Waals surface area contributed by atoms with Crippen LogP contribution in [0.1, 0.15) is 27.5 Å². The molecule has 0 heterocycles. The highest BCUT2D eigenvalue weighted by Gasteiger charge is 2.23. The van der Waals surface area contributed by atoms with E-state index >= 15 is 0 Å². The lowest BCUT2D eigenvalue weighted by molar-refractivity contribution is -0.142. The largest absolute Gasteiger partial charge is 0.480 e. The minimum Gasteiger partial charge on any atom is -0.480 e. The fourth-order valence-electron chi connectivity index (χ4n) is 2.27. The van der Waals surface area contributed by atoms with Gasteiger partial charge in [0.25, 0.3) is 0 Å². The molecule has 2 rings (SSSR count). The van der Waals surface area contributed by atoms with Crippen molar-refractivity contribution in [3.8, 4) is 0 Å². The van der Waals surface area contributed by atoms with E-state index in [0.29, 0.717) is 16.7 Å². The molecule has 4 heteroatoms. The van der Waals surface area contributed by atoms with Crippen LogP contribution in [0.3, 0.4) is 0 Å². The zero-order valence-corrected chi connectivity index (χ0v) is 12.0. The molecule has 0 fully saturated rings. The lowest BCUT2D eigenvalue weighted by Crippen LogP contribution is -2.27. The number of hydrogen-bond donors (Lipinski definition) is 1. The SMILES string of the molecule is CN(C)C(C(=O)O)c1cccc(C(=O)c2ccccc2)c1. The molecule has 0 aliphatic rings. The predicted molar refractivity (Wildman–Crippen MR) is 80.4 cm³/mol. The molecule has 0 amide bonds. The van der Waals surface area contributed by atoms with Gasteiger partial charge in [-0.1, -0.05) is 48.5 Å². The van der Waals surface area contributed by atoms with Crippen molar-refractivity contribution in [1.29, 1.82) is 0 Å². The number of carboxylic acids is 1. The smallest absolute Gasteiger partial charge is 0.325 e. The quantitative estimate of drug-likeness (QED) is 0.857. The van der Waals surface area contributed by atoms with Gasteiger partial charge in [0, 0.05) is 11.1 Å². The van der Waals surface area contributed by atoms with Crippen molar-refractivity contribution in [1.82, 2.24) is 4.90 Å². The molecule has 0 aliphatic carbocycles. The summed E-state index contributed by atoms with van der Waals surface area (Å²) in [5.41, 5.74) is 1.67. The summed E-state index contributed by atoms with van der Waals surface area (Å²) in [6, 6.07) is 15.0. The second kappa shape index (κ2) is 6.33. The highest BCUT2D eigenvalue weighted by Crippen LogP contribution is 2.21. The van der Waals surface area contributed by atoms with Crippen LogP contribution in [0.25, 0.3) is 0 Å². The maximum atomic E-state index is 12.4. The molecule has 0 spiro atoms. The topological polar surface area (TPSA) is 57.6 Å². The summed E-state index contributed by atoms with van der Waals surface area (Å²) >= 11 is 0. The molecule has 0 bridgehead atoms. The van der Waals surface area contributed by atoms with Gasteiger partial charge in [0.05, 0.1) is 0 Å². The third-order valence-electron chi connectivity index (χ3n) is 3.25. The third kappa shape index (κ3) is 3.35. The van der Waals surface area contributed by atoms with E-state index in [0.717, 1.165) is 0 Å². The van der Waals surface area contributed by atoms with Gasteiger partial charge in [0.1, 0.15) is 6.04 Å². The molecule has 0 saturated carbocycles.